The van der Waals surface area contributed by atoms with Crippen LogP contribution in [-0.4, -0.2) is 26.2 Å². The summed E-state index contributed by atoms with van der Waals surface area (Å²) >= 11 is 0. The van der Waals surface area contributed by atoms with Crippen LogP contribution in [0.3, 0.4) is 0 Å². The first-order valence-corrected chi connectivity index (χ1v) is 4.91. The van der Waals surface area contributed by atoms with Crippen LogP contribution in [0.25, 0.3) is 0 Å². The Bertz CT molecular complexity index is 367. The summed E-state index contributed by atoms with van der Waals surface area (Å²) in [4.78, 5) is 0. The fraction of sp³-hybridized carbons (Fsp3) is 0.308. The maximum absolute atomic E-state index is 9.65. The number of aliphatic hydroxyl groups is 1. The molecule has 1 unspecified atom stereocenters. The summed E-state index contributed by atoms with van der Waals surface area (Å²) < 4.78 is 0.772. The average molecular weight is 204 g/mol. The zero-order valence-electron chi connectivity index (χ0n) is 9.57. The molecule has 0 fully saturated rings. The molecule has 0 bridgehead atoms. The number of hydrogen-bond acceptors (Lipinski definition) is 1. The van der Waals surface area contributed by atoms with Crippen molar-refractivity contribution in [2.45, 2.75) is 6.10 Å². The molecule has 1 N–H and O–H groups in total. The number of rotatable bonds is 3. The molecule has 0 aromatic heterocycles. The van der Waals surface area contributed by atoms with E-state index >= 15 is 0 Å². The first-order valence-electron chi connectivity index (χ1n) is 4.91. The molecule has 0 saturated heterocycles. The number of nitrogens with zero attached hydrogens (tertiary/aromatic N) is 1. The Morgan fingerprint density at radius 1 is 1.27 bits per heavy atom. The third kappa shape index (κ3) is 3.07. The minimum absolute atomic E-state index is 0.607. The maximum atomic E-state index is 9.65. The molecule has 1 aromatic carbocycles. The first-order chi connectivity index (χ1) is 6.95. The van der Waals surface area contributed by atoms with Crippen molar-refractivity contribution in [1.29, 1.82) is 0 Å². The molecule has 0 spiro atoms. The molecule has 0 aliphatic heterocycles. The van der Waals surface area contributed by atoms with Gasteiger partial charge in [0.1, 0.15) is 11.8 Å². The lowest BCUT2D eigenvalue weighted by Gasteiger charge is -2.23. The summed E-state index contributed by atoms with van der Waals surface area (Å²) in [5.74, 6) is 0. The van der Waals surface area contributed by atoms with Gasteiger partial charge in [-0.1, -0.05) is 18.7 Å². The monoisotopic (exact) mass is 204 g/mol. The van der Waals surface area contributed by atoms with E-state index in [9.17, 15) is 5.11 Å². The molecule has 2 nitrogen and oxygen atoms in total. The minimum atomic E-state index is -0.607. The fourth-order valence-corrected chi connectivity index (χ4v) is 1.33. The van der Waals surface area contributed by atoms with E-state index in [2.05, 4.69) is 33.5 Å². The van der Waals surface area contributed by atoms with Gasteiger partial charge in [0.15, 0.2) is 0 Å². The van der Waals surface area contributed by atoms with Crippen LogP contribution >= 0.6 is 0 Å². The summed E-state index contributed by atoms with van der Waals surface area (Å²) in [5.41, 5.74) is 4.65. The predicted octanol–water partition coefficient (Wildman–Crippen LogP) is 2.26. The SMILES string of the molecule is C=C=CC(O)c1ccc([N+](C)(C)C)cc1. The number of quaternary nitrogens is 1. The van der Waals surface area contributed by atoms with Gasteiger partial charge in [-0.05, 0) is 23.8 Å². The summed E-state index contributed by atoms with van der Waals surface area (Å²) in [6, 6.07) is 7.90. The zero-order valence-corrected chi connectivity index (χ0v) is 9.57. The molecule has 0 radical (unpaired) electrons. The predicted molar refractivity (Wildman–Crippen MR) is 64.7 cm³/mol. The van der Waals surface area contributed by atoms with Gasteiger partial charge in [0, 0.05) is 0 Å². The van der Waals surface area contributed by atoms with Crippen LogP contribution in [0.1, 0.15) is 11.7 Å². The van der Waals surface area contributed by atoms with Crippen molar-refractivity contribution in [3.05, 3.63) is 48.2 Å². The van der Waals surface area contributed by atoms with Crippen molar-refractivity contribution in [1.82, 2.24) is 4.48 Å². The van der Waals surface area contributed by atoms with E-state index < -0.39 is 6.10 Å². The van der Waals surface area contributed by atoms with E-state index in [4.69, 9.17) is 0 Å². The smallest absolute Gasteiger partial charge is 0.132 e. The Kier molecular flexibility index (Phi) is 3.48. The van der Waals surface area contributed by atoms with Gasteiger partial charge in [0.05, 0.1) is 21.1 Å². The number of hydrogen-bond donors (Lipinski definition) is 1. The van der Waals surface area contributed by atoms with Gasteiger partial charge in [-0.2, -0.15) is 0 Å². The molecule has 80 valence electrons. The topological polar surface area (TPSA) is 20.2 Å². The molecule has 0 amide bonds. The van der Waals surface area contributed by atoms with Gasteiger partial charge in [0.25, 0.3) is 0 Å². The lowest BCUT2D eigenvalue weighted by molar-refractivity contribution is 0.229. The second kappa shape index (κ2) is 4.45. The van der Waals surface area contributed by atoms with Crippen molar-refractivity contribution in [2.24, 2.45) is 0 Å². The molecule has 1 aromatic rings. The molecular formula is C13H18NO+. The van der Waals surface area contributed by atoms with Gasteiger partial charge in [-0.3, -0.25) is 4.48 Å². The normalized spacial score (nSPS) is 13.1. The lowest BCUT2D eigenvalue weighted by Crippen LogP contribution is -2.34. The van der Waals surface area contributed by atoms with E-state index in [1.54, 1.807) is 6.08 Å². The van der Waals surface area contributed by atoms with Crippen molar-refractivity contribution >= 4 is 5.69 Å². The molecule has 2 heteroatoms. The minimum Gasteiger partial charge on any atom is -0.384 e. The lowest BCUT2D eigenvalue weighted by atomic mass is 10.1. The summed E-state index contributed by atoms with van der Waals surface area (Å²) in [6.07, 6.45) is 0.935. The van der Waals surface area contributed by atoms with E-state index in [0.29, 0.717) is 0 Å². The third-order valence-corrected chi connectivity index (χ3v) is 2.28. The van der Waals surface area contributed by atoms with E-state index in [0.717, 1.165) is 10.0 Å². The largest absolute Gasteiger partial charge is 0.384 e. The number of aliphatic hydroxyl groups excluding tert-OH is 1. The molecule has 0 aliphatic rings. The molecule has 0 saturated carbocycles. The second-order valence-corrected chi connectivity index (χ2v) is 4.42. The Morgan fingerprint density at radius 3 is 2.20 bits per heavy atom. The van der Waals surface area contributed by atoms with Gasteiger partial charge in [-0.15, -0.1) is 5.73 Å². The average Bonchev–Trinajstić information content (AvgIpc) is 2.17. The van der Waals surface area contributed by atoms with E-state index in [-0.39, 0.29) is 0 Å². The summed E-state index contributed by atoms with van der Waals surface area (Å²) in [6.45, 7) is 3.44. The standard InChI is InChI=1S/C13H18NO/c1-5-6-13(15)11-7-9-12(10-8-11)14(2,3)4/h6-10,13,15H,1H2,2-4H3/q+1. The number of benzene rings is 1. The highest BCUT2D eigenvalue weighted by Gasteiger charge is 2.12. The van der Waals surface area contributed by atoms with Crippen molar-refractivity contribution in [3.63, 3.8) is 0 Å². The molecule has 0 aliphatic carbocycles. The molecule has 1 atom stereocenters. The summed E-state index contributed by atoms with van der Waals surface area (Å²) in [5, 5.41) is 9.65. The highest BCUT2D eigenvalue weighted by atomic mass is 16.3. The Hall–Kier alpha value is -1.34. The quantitative estimate of drug-likeness (QED) is 0.591. The van der Waals surface area contributed by atoms with Gasteiger partial charge < -0.3 is 5.11 Å². The van der Waals surface area contributed by atoms with Crippen LogP contribution in [0, 0.1) is 0 Å². The van der Waals surface area contributed by atoms with Crippen LogP contribution in [0.2, 0.25) is 0 Å². The maximum Gasteiger partial charge on any atom is 0.132 e. The van der Waals surface area contributed by atoms with Crippen molar-refractivity contribution in [3.8, 4) is 0 Å². The van der Waals surface area contributed by atoms with Crippen molar-refractivity contribution < 1.29 is 5.11 Å². The Morgan fingerprint density at radius 2 is 1.80 bits per heavy atom. The fourth-order valence-electron chi connectivity index (χ4n) is 1.33. The van der Waals surface area contributed by atoms with E-state index in [1.807, 2.05) is 24.3 Å². The van der Waals surface area contributed by atoms with Crippen LogP contribution in [-0.2, 0) is 0 Å². The van der Waals surface area contributed by atoms with Crippen LogP contribution in [0.5, 0.6) is 0 Å². The summed E-state index contributed by atoms with van der Waals surface area (Å²) in [7, 11) is 6.32. The van der Waals surface area contributed by atoms with Gasteiger partial charge >= 0.3 is 0 Å². The molecule has 0 heterocycles. The van der Waals surface area contributed by atoms with Gasteiger partial charge in [-0.25, -0.2) is 0 Å². The van der Waals surface area contributed by atoms with E-state index in [1.165, 1.54) is 5.69 Å². The van der Waals surface area contributed by atoms with Crippen LogP contribution in [0.4, 0.5) is 5.69 Å². The molecule has 15 heavy (non-hydrogen) atoms. The van der Waals surface area contributed by atoms with Crippen molar-refractivity contribution in [2.75, 3.05) is 21.1 Å². The van der Waals surface area contributed by atoms with Crippen LogP contribution < -0.4 is 4.48 Å². The zero-order chi connectivity index (χ0) is 11.5. The van der Waals surface area contributed by atoms with Crippen LogP contribution in [0.15, 0.2) is 42.7 Å². The second-order valence-electron chi connectivity index (χ2n) is 4.42. The highest BCUT2D eigenvalue weighted by molar-refractivity contribution is 5.43. The Balaban J connectivity index is 2.95. The Labute approximate surface area is 91.4 Å². The highest BCUT2D eigenvalue weighted by Crippen LogP contribution is 2.21. The molecular weight excluding hydrogens is 186 g/mol. The third-order valence-electron chi connectivity index (χ3n) is 2.28. The molecule has 1 rings (SSSR count). The van der Waals surface area contributed by atoms with Gasteiger partial charge in [0.2, 0.25) is 0 Å². The first kappa shape index (κ1) is 11.7.